The lowest BCUT2D eigenvalue weighted by Gasteiger charge is -2.18. The van der Waals surface area contributed by atoms with Gasteiger partial charge in [-0.3, -0.25) is 0 Å². The standard InChI is InChI=1S/C28H20Cl2/c1-17-7-11-19(12-8-17)27-21-5-3-4-6-22(21)28(20-13-9-18(2)10-14-20)24-16-26(30)25(29)15-23(24)27/h3-16H,1-2H3. The Morgan fingerprint density at radius 3 is 1.20 bits per heavy atom. The molecule has 0 amide bonds. The molecular formula is C28H20Cl2. The first-order valence-electron chi connectivity index (χ1n) is 10.0. The normalized spacial score (nSPS) is 11.3. The fourth-order valence-electron chi connectivity index (χ4n) is 4.23. The molecular weight excluding hydrogens is 407 g/mol. The zero-order valence-corrected chi connectivity index (χ0v) is 18.4. The van der Waals surface area contributed by atoms with Crippen molar-refractivity contribution >= 4 is 44.7 Å². The quantitative estimate of drug-likeness (QED) is 0.246. The monoisotopic (exact) mass is 426 g/mol. The summed E-state index contributed by atoms with van der Waals surface area (Å²) in [5, 5.41) is 5.79. The minimum absolute atomic E-state index is 0.572. The van der Waals surface area contributed by atoms with Gasteiger partial charge in [0.1, 0.15) is 0 Å². The topological polar surface area (TPSA) is 0 Å². The summed E-state index contributed by atoms with van der Waals surface area (Å²) >= 11 is 13.0. The van der Waals surface area contributed by atoms with Crippen LogP contribution in [-0.4, -0.2) is 0 Å². The first-order valence-corrected chi connectivity index (χ1v) is 10.8. The first kappa shape index (κ1) is 19.2. The van der Waals surface area contributed by atoms with Gasteiger partial charge in [-0.1, -0.05) is 107 Å². The zero-order chi connectivity index (χ0) is 20.8. The summed E-state index contributed by atoms with van der Waals surface area (Å²) < 4.78 is 0. The van der Waals surface area contributed by atoms with Gasteiger partial charge in [0.15, 0.2) is 0 Å². The molecule has 0 bridgehead atoms. The molecule has 0 N–H and O–H groups in total. The van der Waals surface area contributed by atoms with Crippen molar-refractivity contribution in [2.24, 2.45) is 0 Å². The number of benzene rings is 5. The highest BCUT2D eigenvalue weighted by atomic mass is 35.5. The zero-order valence-electron chi connectivity index (χ0n) is 16.8. The Morgan fingerprint density at radius 1 is 0.467 bits per heavy atom. The van der Waals surface area contributed by atoms with E-state index >= 15 is 0 Å². The van der Waals surface area contributed by atoms with E-state index < -0.39 is 0 Å². The lowest BCUT2D eigenvalue weighted by Crippen LogP contribution is -1.91. The van der Waals surface area contributed by atoms with Crippen LogP contribution in [0.2, 0.25) is 10.0 Å². The molecule has 0 saturated carbocycles. The molecule has 0 spiro atoms. The van der Waals surface area contributed by atoms with Gasteiger partial charge in [0.2, 0.25) is 0 Å². The van der Waals surface area contributed by atoms with Gasteiger partial charge in [-0.25, -0.2) is 0 Å². The minimum atomic E-state index is 0.572. The Labute approximate surface area is 186 Å². The summed E-state index contributed by atoms with van der Waals surface area (Å²) in [7, 11) is 0. The van der Waals surface area contributed by atoms with Crippen LogP contribution in [0, 0.1) is 13.8 Å². The van der Waals surface area contributed by atoms with Crippen LogP contribution < -0.4 is 0 Å². The Morgan fingerprint density at radius 2 is 0.833 bits per heavy atom. The Hall–Kier alpha value is -2.80. The predicted octanol–water partition coefficient (Wildman–Crippen LogP) is 9.25. The second-order valence-corrected chi connectivity index (χ2v) is 8.65. The summed E-state index contributed by atoms with van der Waals surface area (Å²) in [6, 6.07) is 30.0. The van der Waals surface area contributed by atoms with Crippen LogP contribution in [0.3, 0.4) is 0 Å². The van der Waals surface area contributed by atoms with Crippen LogP contribution in [0.4, 0.5) is 0 Å². The van der Waals surface area contributed by atoms with Gasteiger partial charge in [-0.2, -0.15) is 0 Å². The van der Waals surface area contributed by atoms with Crippen molar-refractivity contribution in [1.82, 2.24) is 0 Å². The lowest BCUT2D eigenvalue weighted by atomic mass is 9.86. The second kappa shape index (κ2) is 7.47. The number of aryl methyl sites for hydroxylation is 2. The van der Waals surface area contributed by atoms with E-state index in [2.05, 4.69) is 86.6 Å². The number of hydrogen-bond donors (Lipinski definition) is 0. The van der Waals surface area contributed by atoms with E-state index in [1.807, 2.05) is 12.1 Å². The van der Waals surface area contributed by atoms with Crippen molar-refractivity contribution in [3.63, 3.8) is 0 Å². The van der Waals surface area contributed by atoms with Crippen molar-refractivity contribution in [3.8, 4) is 22.3 Å². The summed E-state index contributed by atoms with van der Waals surface area (Å²) in [6.45, 7) is 4.22. The highest BCUT2D eigenvalue weighted by Crippen LogP contribution is 2.45. The fraction of sp³-hybridized carbons (Fsp3) is 0.0714. The third kappa shape index (κ3) is 3.17. The lowest BCUT2D eigenvalue weighted by molar-refractivity contribution is 1.47. The van der Waals surface area contributed by atoms with Gasteiger partial charge in [0.25, 0.3) is 0 Å². The van der Waals surface area contributed by atoms with E-state index in [1.165, 1.54) is 44.2 Å². The molecule has 0 aliphatic heterocycles. The molecule has 0 aliphatic rings. The molecule has 0 unspecified atom stereocenters. The van der Waals surface area contributed by atoms with E-state index in [4.69, 9.17) is 23.2 Å². The Bertz CT molecular complexity index is 1290. The third-order valence-electron chi connectivity index (χ3n) is 5.75. The van der Waals surface area contributed by atoms with Crippen LogP contribution in [0.5, 0.6) is 0 Å². The number of halogens is 2. The van der Waals surface area contributed by atoms with E-state index in [9.17, 15) is 0 Å². The van der Waals surface area contributed by atoms with Crippen LogP contribution in [0.1, 0.15) is 11.1 Å². The van der Waals surface area contributed by atoms with Gasteiger partial charge < -0.3 is 0 Å². The molecule has 0 radical (unpaired) electrons. The van der Waals surface area contributed by atoms with Crippen LogP contribution in [0.15, 0.2) is 84.9 Å². The second-order valence-electron chi connectivity index (χ2n) is 7.84. The van der Waals surface area contributed by atoms with Crippen molar-refractivity contribution in [1.29, 1.82) is 0 Å². The maximum absolute atomic E-state index is 6.51. The van der Waals surface area contributed by atoms with Crippen molar-refractivity contribution in [2.75, 3.05) is 0 Å². The highest BCUT2D eigenvalue weighted by Gasteiger charge is 2.18. The van der Waals surface area contributed by atoms with E-state index in [0.717, 1.165) is 10.8 Å². The summed E-state index contributed by atoms with van der Waals surface area (Å²) in [6.07, 6.45) is 0. The molecule has 5 aromatic carbocycles. The maximum Gasteiger partial charge on any atom is 0.0598 e. The van der Waals surface area contributed by atoms with E-state index in [-0.39, 0.29) is 0 Å². The number of hydrogen-bond acceptors (Lipinski definition) is 0. The summed E-state index contributed by atoms with van der Waals surface area (Å²) in [4.78, 5) is 0. The predicted molar refractivity (Wildman–Crippen MR) is 132 cm³/mol. The van der Waals surface area contributed by atoms with Gasteiger partial charge in [0.05, 0.1) is 10.0 Å². The smallest absolute Gasteiger partial charge is 0.0598 e. The molecule has 0 saturated heterocycles. The van der Waals surface area contributed by atoms with Gasteiger partial charge in [-0.15, -0.1) is 0 Å². The van der Waals surface area contributed by atoms with Gasteiger partial charge >= 0.3 is 0 Å². The van der Waals surface area contributed by atoms with E-state index in [0.29, 0.717) is 10.0 Å². The molecule has 0 fully saturated rings. The van der Waals surface area contributed by atoms with Crippen LogP contribution in [-0.2, 0) is 0 Å². The van der Waals surface area contributed by atoms with Crippen molar-refractivity contribution < 1.29 is 0 Å². The number of fused-ring (bicyclic) bond motifs is 2. The van der Waals surface area contributed by atoms with Crippen molar-refractivity contribution in [2.45, 2.75) is 13.8 Å². The van der Waals surface area contributed by atoms with Crippen molar-refractivity contribution in [3.05, 3.63) is 106 Å². The minimum Gasteiger partial charge on any atom is -0.0827 e. The molecule has 146 valence electrons. The molecule has 0 aromatic heterocycles. The average molecular weight is 427 g/mol. The van der Waals surface area contributed by atoms with Crippen LogP contribution in [0.25, 0.3) is 43.8 Å². The van der Waals surface area contributed by atoms with Crippen LogP contribution >= 0.6 is 23.2 Å². The highest BCUT2D eigenvalue weighted by molar-refractivity contribution is 6.43. The summed E-state index contributed by atoms with van der Waals surface area (Å²) in [5.41, 5.74) is 7.21. The third-order valence-corrected chi connectivity index (χ3v) is 6.47. The molecule has 0 nitrogen and oxygen atoms in total. The van der Waals surface area contributed by atoms with Gasteiger partial charge in [-0.05, 0) is 69.8 Å². The fourth-order valence-corrected chi connectivity index (χ4v) is 4.56. The first-order chi connectivity index (χ1) is 14.5. The molecule has 0 aliphatic carbocycles. The molecule has 30 heavy (non-hydrogen) atoms. The molecule has 0 atom stereocenters. The molecule has 0 heterocycles. The average Bonchev–Trinajstić information content (AvgIpc) is 2.75. The number of rotatable bonds is 2. The molecule has 2 heteroatoms. The Balaban J connectivity index is 2.00. The van der Waals surface area contributed by atoms with Gasteiger partial charge in [0, 0.05) is 0 Å². The molecule has 5 rings (SSSR count). The summed E-state index contributed by atoms with van der Waals surface area (Å²) in [5.74, 6) is 0. The largest absolute Gasteiger partial charge is 0.0827 e. The maximum atomic E-state index is 6.51. The SMILES string of the molecule is Cc1ccc(-c2c3ccccc3c(-c3ccc(C)cc3)c3cc(Cl)c(Cl)cc23)cc1. The van der Waals surface area contributed by atoms with E-state index in [1.54, 1.807) is 0 Å². The Kier molecular flexibility index (Phi) is 4.77. The molecule has 5 aromatic rings.